The molecule has 3 amide bonds. The lowest BCUT2D eigenvalue weighted by Gasteiger charge is -2.40. The van der Waals surface area contributed by atoms with E-state index in [9.17, 15) is 27.6 Å². The number of nitrogens with zero attached hydrogens (tertiary/aromatic N) is 4. The quantitative estimate of drug-likeness (QED) is 0.568. The Morgan fingerprint density at radius 3 is 2.38 bits per heavy atom. The topological polar surface area (TPSA) is 105 Å². The average Bonchev–Trinajstić information content (AvgIpc) is 3.12. The lowest BCUT2D eigenvalue weighted by molar-refractivity contribution is -0.138. The zero-order valence-corrected chi connectivity index (χ0v) is 20.8. The third-order valence-electron chi connectivity index (χ3n) is 4.75. The Bertz CT molecular complexity index is 926. The fourth-order valence-electron chi connectivity index (χ4n) is 3.04. The smallest absolute Gasteiger partial charge is 0.444 e. The molecule has 2 rings (SSSR count). The van der Waals surface area contributed by atoms with Crippen LogP contribution in [0.15, 0.2) is 12.2 Å². The van der Waals surface area contributed by atoms with Crippen molar-refractivity contribution in [1.29, 1.82) is 0 Å². The number of aromatic nitrogens is 2. The van der Waals surface area contributed by atoms with Gasteiger partial charge in [-0.2, -0.15) is 13.2 Å². The van der Waals surface area contributed by atoms with Crippen LogP contribution in [0.1, 0.15) is 52.5 Å². The van der Waals surface area contributed by atoms with Crippen molar-refractivity contribution in [3.63, 3.8) is 0 Å². The number of alkyl halides is 3. The van der Waals surface area contributed by atoms with E-state index >= 15 is 0 Å². The largest absolute Gasteiger partial charge is 0.445 e. The second-order valence-corrected chi connectivity index (χ2v) is 10.3. The molecule has 1 aliphatic rings. The van der Waals surface area contributed by atoms with E-state index in [0.717, 1.165) is 4.90 Å². The van der Waals surface area contributed by atoms with Crippen LogP contribution in [0.4, 0.5) is 23.1 Å². The van der Waals surface area contributed by atoms with E-state index in [1.165, 1.54) is 24.1 Å². The van der Waals surface area contributed by atoms with Crippen molar-refractivity contribution >= 4 is 34.4 Å². The van der Waals surface area contributed by atoms with Gasteiger partial charge in [-0.15, -0.1) is 10.2 Å². The van der Waals surface area contributed by atoms with E-state index < -0.39 is 40.9 Å². The first-order chi connectivity index (χ1) is 15.6. The predicted octanol–water partition coefficient (Wildman–Crippen LogP) is 3.62. The molecule has 1 fully saturated rings. The lowest BCUT2D eigenvalue weighted by atomic mass is 10.00. The highest BCUT2D eigenvalue weighted by Gasteiger charge is 2.40. The molecule has 1 aromatic rings. The van der Waals surface area contributed by atoms with Gasteiger partial charge in [-0.3, -0.25) is 19.4 Å². The van der Waals surface area contributed by atoms with Gasteiger partial charge in [0.05, 0.1) is 0 Å². The van der Waals surface area contributed by atoms with Gasteiger partial charge < -0.3 is 10.1 Å². The number of likely N-dealkylation sites (N-methyl/N-ethyl adjacent to an activating group) is 1. The van der Waals surface area contributed by atoms with Crippen LogP contribution in [0.25, 0.3) is 0 Å². The number of hydrogen-bond acceptors (Lipinski definition) is 7. The van der Waals surface area contributed by atoms with Gasteiger partial charge in [-0.05, 0) is 39.5 Å². The molecule has 0 saturated carbocycles. The summed E-state index contributed by atoms with van der Waals surface area (Å²) in [6, 6.07) is -1.19. The van der Waals surface area contributed by atoms with Crippen molar-refractivity contribution < 1.29 is 32.3 Å². The Kier molecular flexibility index (Phi) is 8.67. The van der Waals surface area contributed by atoms with Gasteiger partial charge in [-0.25, -0.2) is 4.79 Å². The fourth-order valence-corrected chi connectivity index (χ4v) is 3.72. The minimum Gasteiger partial charge on any atom is -0.444 e. The zero-order valence-electron chi connectivity index (χ0n) is 20.0. The van der Waals surface area contributed by atoms with Gasteiger partial charge >= 0.3 is 12.3 Å². The first-order valence-electron chi connectivity index (χ1n) is 10.7. The van der Waals surface area contributed by atoms with Crippen molar-refractivity contribution in [2.45, 2.75) is 71.3 Å². The molecular weight excluding hydrogens is 475 g/mol. The van der Waals surface area contributed by atoms with Crippen LogP contribution in [-0.2, 0) is 20.5 Å². The molecule has 2 heterocycles. The Balaban J connectivity index is 2.03. The molecule has 1 saturated heterocycles. The number of halogens is 3. The molecule has 0 radical (unpaired) electrons. The minimum atomic E-state index is -4.64. The first-order valence-corrected chi connectivity index (χ1v) is 11.6. The summed E-state index contributed by atoms with van der Waals surface area (Å²) in [4.78, 5) is 39.8. The summed E-state index contributed by atoms with van der Waals surface area (Å²) in [6.45, 7) is 9.51. The molecule has 0 aromatic carbocycles. The minimum absolute atomic E-state index is 0.170. The van der Waals surface area contributed by atoms with Crippen LogP contribution in [0.5, 0.6) is 0 Å². The van der Waals surface area contributed by atoms with E-state index in [2.05, 4.69) is 15.5 Å². The van der Waals surface area contributed by atoms with E-state index in [1.54, 1.807) is 20.8 Å². The SMILES string of the molecule is CC(C)CC(C=CC(=O)N(C)c1nnc(C(F)(F)F)s1)NC(=O)C1CCN1C(=O)OC(C)(C)C. The monoisotopic (exact) mass is 505 g/mol. The van der Waals surface area contributed by atoms with Crippen molar-refractivity contribution in [1.82, 2.24) is 20.4 Å². The van der Waals surface area contributed by atoms with Gasteiger partial charge in [0.25, 0.3) is 5.91 Å². The van der Waals surface area contributed by atoms with Crippen molar-refractivity contribution in [2.75, 3.05) is 18.5 Å². The zero-order chi connectivity index (χ0) is 25.8. The van der Waals surface area contributed by atoms with Crippen LogP contribution in [-0.4, -0.2) is 64.3 Å². The lowest BCUT2D eigenvalue weighted by Crippen LogP contribution is -2.60. The number of anilines is 1. The van der Waals surface area contributed by atoms with Crippen molar-refractivity contribution in [3.8, 4) is 0 Å². The average molecular weight is 506 g/mol. The third kappa shape index (κ3) is 7.67. The maximum atomic E-state index is 12.8. The van der Waals surface area contributed by atoms with Gasteiger partial charge in [0.15, 0.2) is 0 Å². The number of rotatable bonds is 7. The van der Waals surface area contributed by atoms with Crippen LogP contribution in [0.3, 0.4) is 0 Å². The highest BCUT2D eigenvalue weighted by atomic mass is 32.1. The van der Waals surface area contributed by atoms with Crippen LogP contribution in [0, 0.1) is 5.92 Å². The molecule has 1 N–H and O–H groups in total. The number of likely N-dealkylation sites (tertiary alicyclic amines) is 1. The molecule has 13 heteroatoms. The molecule has 0 bridgehead atoms. The van der Waals surface area contributed by atoms with Gasteiger partial charge in [0.1, 0.15) is 11.6 Å². The fraction of sp³-hybridized carbons (Fsp3) is 0.667. The van der Waals surface area contributed by atoms with Gasteiger partial charge in [0, 0.05) is 25.7 Å². The van der Waals surface area contributed by atoms with E-state index in [1.807, 2.05) is 13.8 Å². The Morgan fingerprint density at radius 2 is 1.91 bits per heavy atom. The second kappa shape index (κ2) is 10.7. The molecule has 1 aliphatic heterocycles. The van der Waals surface area contributed by atoms with E-state index in [4.69, 9.17) is 4.74 Å². The summed E-state index contributed by atoms with van der Waals surface area (Å²) >= 11 is 0.258. The predicted molar refractivity (Wildman–Crippen MR) is 120 cm³/mol. The van der Waals surface area contributed by atoms with Crippen molar-refractivity contribution in [2.24, 2.45) is 5.92 Å². The molecule has 2 unspecified atom stereocenters. The Labute approximate surface area is 200 Å². The van der Waals surface area contributed by atoms with Gasteiger partial charge in [-0.1, -0.05) is 31.3 Å². The number of nitrogens with one attached hydrogen (secondary N) is 1. The van der Waals surface area contributed by atoms with Crippen LogP contribution < -0.4 is 10.2 Å². The summed E-state index contributed by atoms with van der Waals surface area (Å²) in [5.74, 6) is -0.817. The number of amides is 3. The molecule has 34 heavy (non-hydrogen) atoms. The normalized spacial score (nSPS) is 17.5. The highest BCUT2D eigenvalue weighted by Crippen LogP contribution is 2.34. The Hall–Kier alpha value is -2.70. The number of hydrogen-bond donors (Lipinski definition) is 1. The maximum absolute atomic E-state index is 12.8. The van der Waals surface area contributed by atoms with Gasteiger partial charge in [0.2, 0.25) is 16.0 Å². The van der Waals surface area contributed by atoms with Crippen molar-refractivity contribution in [3.05, 3.63) is 17.2 Å². The second-order valence-electron chi connectivity index (χ2n) is 9.37. The number of carbonyl (C=O) groups is 3. The molecule has 1 aromatic heterocycles. The van der Waals surface area contributed by atoms with Crippen LogP contribution in [0.2, 0.25) is 0 Å². The summed E-state index contributed by atoms with van der Waals surface area (Å²) in [7, 11) is 1.29. The molecule has 9 nitrogen and oxygen atoms in total. The number of carbonyl (C=O) groups excluding carboxylic acids is 3. The number of ether oxygens (including phenoxy) is 1. The maximum Gasteiger partial charge on any atom is 0.445 e. The molecule has 0 spiro atoms. The van der Waals surface area contributed by atoms with E-state index in [0.29, 0.717) is 19.4 Å². The summed E-state index contributed by atoms with van der Waals surface area (Å²) in [6.07, 6.45) is -1.55. The summed E-state index contributed by atoms with van der Waals surface area (Å²) < 4.78 is 43.5. The molecule has 190 valence electrons. The Morgan fingerprint density at radius 1 is 1.26 bits per heavy atom. The first kappa shape index (κ1) is 27.5. The summed E-state index contributed by atoms with van der Waals surface area (Å²) in [5, 5.41) is 7.98. The summed E-state index contributed by atoms with van der Waals surface area (Å²) in [5.41, 5.74) is -0.684. The highest BCUT2D eigenvalue weighted by molar-refractivity contribution is 7.15. The van der Waals surface area contributed by atoms with Crippen LogP contribution >= 0.6 is 11.3 Å². The molecule has 0 aliphatic carbocycles. The standard InChI is InChI=1S/C21H30F3N5O4S/c1-12(2)11-13(25-16(31)14-9-10-29(14)19(32)33-20(3,4)5)7-8-15(30)28(6)18-27-26-17(34-18)21(22,23)24/h7-8,12-14H,9-11H2,1-6H3,(H,25,31). The molecular formula is C21H30F3N5O4S. The molecule has 2 atom stereocenters. The third-order valence-corrected chi connectivity index (χ3v) is 5.79. The van der Waals surface area contributed by atoms with E-state index in [-0.39, 0.29) is 28.3 Å².